The van der Waals surface area contributed by atoms with Gasteiger partial charge < -0.3 is 5.73 Å². The summed E-state index contributed by atoms with van der Waals surface area (Å²) >= 11 is 0. The molecule has 0 heterocycles. The monoisotopic (exact) mass is 240 g/mol. The zero-order chi connectivity index (χ0) is 13.5. The summed E-state index contributed by atoms with van der Waals surface area (Å²) in [6.45, 7) is 6.00. The van der Waals surface area contributed by atoms with Gasteiger partial charge in [-0.3, -0.25) is 5.41 Å². The second-order valence-electron chi connectivity index (χ2n) is 3.83. The van der Waals surface area contributed by atoms with Crippen molar-refractivity contribution < 1.29 is 0 Å². The number of nitrogen functional groups attached to an aromatic ring is 1. The van der Waals surface area contributed by atoms with Crippen LogP contribution >= 0.6 is 0 Å². The van der Waals surface area contributed by atoms with Gasteiger partial charge in [-0.1, -0.05) is 55.8 Å². The van der Waals surface area contributed by atoms with Crippen molar-refractivity contribution in [3.05, 3.63) is 65.2 Å². The summed E-state index contributed by atoms with van der Waals surface area (Å²) in [6.07, 6.45) is 0. The van der Waals surface area contributed by atoms with Crippen LogP contribution in [0.15, 0.2) is 48.5 Å². The van der Waals surface area contributed by atoms with Crippen LogP contribution in [0.4, 0.5) is 5.69 Å². The van der Waals surface area contributed by atoms with Gasteiger partial charge >= 0.3 is 0 Å². The van der Waals surface area contributed by atoms with Crippen molar-refractivity contribution in [2.24, 2.45) is 0 Å². The van der Waals surface area contributed by atoms with E-state index < -0.39 is 0 Å². The van der Waals surface area contributed by atoms with Crippen molar-refractivity contribution in [1.82, 2.24) is 0 Å². The van der Waals surface area contributed by atoms with Crippen LogP contribution in [0.25, 0.3) is 0 Å². The van der Waals surface area contributed by atoms with E-state index in [4.69, 9.17) is 11.1 Å². The Hall–Kier alpha value is -2.09. The topological polar surface area (TPSA) is 49.9 Å². The quantitative estimate of drug-likeness (QED) is 0.604. The van der Waals surface area contributed by atoms with Crippen molar-refractivity contribution in [3.8, 4) is 0 Å². The Morgan fingerprint density at radius 1 is 1.00 bits per heavy atom. The summed E-state index contributed by atoms with van der Waals surface area (Å²) in [5.74, 6) is 0. The van der Waals surface area contributed by atoms with Gasteiger partial charge in [0.15, 0.2) is 0 Å². The molecule has 0 aliphatic rings. The number of benzene rings is 2. The smallest absolute Gasteiger partial charge is 0.0705 e. The number of hydrogen-bond donors (Lipinski definition) is 2. The highest BCUT2D eigenvalue weighted by molar-refractivity contribution is 6.13. The van der Waals surface area contributed by atoms with Crippen molar-refractivity contribution in [3.63, 3.8) is 0 Å². The first-order chi connectivity index (χ1) is 8.68. The molecule has 94 valence electrons. The Morgan fingerprint density at radius 2 is 1.61 bits per heavy atom. The van der Waals surface area contributed by atoms with Crippen LogP contribution in [0.5, 0.6) is 0 Å². The highest BCUT2D eigenvalue weighted by Crippen LogP contribution is 2.17. The Balaban J connectivity index is 0.000000771. The molecule has 0 amide bonds. The average Bonchev–Trinajstić information content (AvgIpc) is 2.44. The molecule has 2 nitrogen and oxygen atoms in total. The predicted molar refractivity (Wildman–Crippen MR) is 79.3 cm³/mol. The van der Waals surface area contributed by atoms with Crippen molar-refractivity contribution in [2.75, 3.05) is 5.73 Å². The lowest BCUT2D eigenvalue weighted by atomic mass is 9.99. The lowest BCUT2D eigenvalue weighted by Gasteiger charge is -2.08. The number of aryl methyl sites for hydroxylation is 1. The van der Waals surface area contributed by atoms with E-state index in [-0.39, 0.29) is 0 Å². The minimum atomic E-state index is 0.474. The normalized spacial score (nSPS) is 9.28. The van der Waals surface area contributed by atoms with Gasteiger partial charge in [0.05, 0.1) is 5.71 Å². The first-order valence-electron chi connectivity index (χ1n) is 6.19. The van der Waals surface area contributed by atoms with Crippen molar-refractivity contribution in [1.29, 1.82) is 5.41 Å². The van der Waals surface area contributed by atoms with Gasteiger partial charge in [0.25, 0.3) is 0 Å². The second-order valence-corrected chi connectivity index (χ2v) is 3.83. The largest absolute Gasteiger partial charge is 0.398 e. The van der Waals surface area contributed by atoms with E-state index >= 15 is 0 Å². The molecule has 2 rings (SSSR count). The molecule has 0 bridgehead atoms. The van der Waals surface area contributed by atoms with Crippen LogP contribution in [0.1, 0.15) is 30.5 Å². The molecule has 2 aromatic carbocycles. The molecule has 0 saturated heterocycles. The van der Waals surface area contributed by atoms with Gasteiger partial charge in [-0.05, 0) is 19.1 Å². The SMILES string of the molecule is CC.Cc1ccc(N)c(C(=N)c2ccccc2)c1. The van der Waals surface area contributed by atoms with E-state index in [9.17, 15) is 0 Å². The summed E-state index contributed by atoms with van der Waals surface area (Å²) < 4.78 is 0. The molecule has 3 N–H and O–H groups in total. The summed E-state index contributed by atoms with van der Waals surface area (Å²) in [4.78, 5) is 0. The van der Waals surface area contributed by atoms with E-state index in [1.54, 1.807) is 0 Å². The van der Waals surface area contributed by atoms with E-state index in [0.717, 1.165) is 16.7 Å². The van der Waals surface area contributed by atoms with Crippen LogP contribution in [0.2, 0.25) is 0 Å². The molecule has 0 radical (unpaired) electrons. The molecule has 0 aliphatic carbocycles. The first-order valence-corrected chi connectivity index (χ1v) is 6.19. The van der Waals surface area contributed by atoms with Crippen LogP contribution in [-0.4, -0.2) is 5.71 Å². The third kappa shape index (κ3) is 3.20. The van der Waals surface area contributed by atoms with Gasteiger partial charge in [-0.2, -0.15) is 0 Å². The summed E-state index contributed by atoms with van der Waals surface area (Å²) in [5.41, 5.74) is 9.81. The number of nitrogens with one attached hydrogen (secondary N) is 1. The lowest BCUT2D eigenvalue weighted by Crippen LogP contribution is -2.05. The van der Waals surface area contributed by atoms with Crippen LogP contribution in [0.3, 0.4) is 0 Å². The van der Waals surface area contributed by atoms with E-state index in [0.29, 0.717) is 11.4 Å². The van der Waals surface area contributed by atoms with Gasteiger partial charge in [-0.25, -0.2) is 0 Å². The molecule has 0 atom stereocenters. The highest BCUT2D eigenvalue weighted by atomic mass is 14.6. The maximum Gasteiger partial charge on any atom is 0.0705 e. The number of nitrogens with two attached hydrogens (primary N) is 1. The maximum absolute atomic E-state index is 8.13. The standard InChI is InChI=1S/C14H14N2.C2H6/c1-10-7-8-13(15)12(9-10)14(16)11-5-3-2-4-6-11;1-2/h2-9,16H,15H2,1H3;1-2H3. The molecule has 0 saturated carbocycles. The third-order valence-electron chi connectivity index (χ3n) is 2.54. The molecule has 0 unspecified atom stereocenters. The Labute approximate surface area is 109 Å². The molecular formula is C16H20N2. The molecule has 0 spiro atoms. The molecule has 18 heavy (non-hydrogen) atoms. The maximum atomic E-state index is 8.13. The molecule has 0 fully saturated rings. The van der Waals surface area contributed by atoms with Crippen molar-refractivity contribution >= 4 is 11.4 Å². The molecular weight excluding hydrogens is 220 g/mol. The van der Waals surface area contributed by atoms with Gasteiger partial charge in [0.2, 0.25) is 0 Å². The fraction of sp³-hybridized carbons (Fsp3) is 0.188. The Morgan fingerprint density at radius 3 is 2.22 bits per heavy atom. The highest BCUT2D eigenvalue weighted by Gasteiger charge is 2.07. The van der Waals surface area contributed by atoms with E-state index in [1.807, 2.05) is 69.3 Å². The van der Waals surface area contributed by atoms with Gasteiger partial charge in [-0.15, -0.1) is 0 Å². The first kappa shape index (κ1) is 14.0. The van der Waals surface area contributed by atoms with Gasteiger partial charge in [0, 0.05) is 16.8 Å². The number of rotatable bonds is 2. The van der Waals surface area contributed by atoms with Crippen molar-refractivity contribution in [2.45, 2.75) is 20.8 Å². The van der Waals surface area contributed by atoms with Crippen LogP contribution in [0, 0.1) is 12.3 Å². The summed E-state index contributed by atoms with van der Waals surface area (Å²) in [7, 11) is 0. The van der Waals surface area contributed by atoms with E-state index in [2.05, 4.69) is 0 Å². The molecule has 2 heteroatoms. The predicted octanol–water partition coefficient (Wildman–Crippen LogP) is 4.02. The zero-order valence-electron chi connectivity index (χ0n) is 11.2. The fourth-order valence-corrected chi connectivity index (χ4v) is 1.65. The second kappa shape index (κ2) is 6.60. The van der Waals surface area contributed by atoms with Crippen LogP contribution < -0.4 is 5.73 Å². The lowest BCUT2D eigenvalue weighted by molar-refractivity contribution is 1.41. The number of hydrogen-bond acceptors (Lipinski definition) is 2. The Bertz CT molecular complexity index is 516. The number of anilines is 1. The minimum Gasteiger partial charge on any atom is -0.398 e. The van der Waals surface area contributed by atoms with Crippen LogP contribution in [-0.2, 0) is 0 Å². The summed E-state index contributed by atoms with van der Waals surface area (Å²) in [6, 6.07) is 15.4. The zero-order valence-corrected chi connectivity index (χ0v) is 11.2. The molecule has 0 aromatic heterocycles. The fourth-order valence-electron chi connectivity index (χ4n) is 1.65. The molecule has 2 aromatic rings. The average molecular weight is 240 g/mol. The van der Waals surface area contributed by atoms with Gasteiger partial charge in [0.1, 0.15) is 0 Å². The minimum absolute atomic E-state index is 0.474. The third-order valence-corrected chi connectivity index (χ3v) is 2.54. The molecule has 0 aliphatic heterocycles. The Kier molecular flexibility index (Phi) is 5.12. The van der Waals surface area contributed by atoms with E-state index in [1.165, 1.54) is 0 Å². The summed E-state index contributed by atoms with van der Waals surface area (Å²) in [5, 5.41) is 8.13.